The first-order chi connectivity index (χ1) is 8.15. The van der Waals surface area contributed by atoms with Crippen LogP contribution in [0.25, 0.3) is 0 Å². The van der Waals surface area contributed by atoms with Gasteiger partial charge in [-0.1, -0.05) is 0 Å². The van der Waals surface area contributed by atoms with Crippen molar-refractivity contribution in [3.63, 3.8) is 0 Å². The van der Waals surface area contributed by atoms with Crippen molar-refractivity contribution in [2.75, 3.05) is 0 Å². The molecule has 0 aliphatic rings. The van der Waals surface area contributed by atoms with Gasteiger partial charge in [0.05, 0.1) is 6.42 Å². The molecule has 3 nitrogen and oxygen atoms in total. The zero-order valence-electron chi connectivity index (χ0n) is 9.35. The Kier molecular flexibility index (Phi) is 3.64. The fourth-order valence-electron chi connectivity index (χ4n) is 1.50. The Labute approximate surface area is 108 Å². The van der Waals surface area contributed by atoms with Gasteiger partial charge in [0.15, 0.2) is 5.78 Å². The number of pyridine rings is 2. The Balaban J connectivity index is 2.14. The van der Waals surface area contributed by atoms with Gasteiger partial charge in [0.2, 0.25) is 0 Å². The van der Waals surface area contributed by atoms with Crippen molar-refractivity contribution in [2.24, 2.45) is 0 Å². The van der Waals surface area contributed by atoms with E-state index >= 15 is 0 Å². The highest BCUT2D eigenvalue weighted by atomic mass is 79.9. The minimum absolute atomic E-state index is 0.0605. The number of aromatic nitrogens is 2. The summed E-state index contributed by atoms with van der Waals surface area (Å²) in [5.74, 6) is 0.0605. The van der Waals surface area contributed by atoms with Gasteiger partial charge in [-0.05, 0) is 47.1 Å². The maximum atomic E-state index is 12.0. The van der Waals surface area contributed by atoms with E-state index in [9.17, 15) is 4.79 Å². The molecular weight excluding hydrogens is 280 g/mol. The molecule has 0 aliphatic carbocycles. The van der Waals surface area contributed by atoms with Crippen LogP contribution in [-0.4, -0.2) is 15.8 Å². The predicted molar refractivity (Wildman–Crippen MR) is 68.9 cm³/mol. The largest absolute Gasteiger partial charge is 0.294 e. The second-order valence-electron chi connectivity index (χ2n) is 3.75. The van der Waals surface area contributed by atoms with Crippen LogP contribution >= 0.6 is 15.9 Å². The zero-order valence-corrected chi connectivity index (χ0v) is 10.9. The van der Waals surface area contributed by atoms with E-state index in [4.69, 9.17) is 0 Å². The van der Waals surface area contributed by atoms with Crippen molar-refractivity contribution < 1.29 is 4.79 Å². The summed E-state index contributed by atoms with van der Waals surface area (Å²) in [6, 6.07) is 7.25. The highest BCUT2D eigenvalue weighted by Crippen LogP contribution is 2.10. The molecule has 17 heavy (non-hydrogen) atoms. The van der Waals surface area contributed by atoms with Gasteiger partial charge in [-0.2, -0.15) is 0 Å². The molecule has 0 saturated heterocycles. The van der Waals surface area contributed by atoms with E-state index < -0.39 is 0 Å². The molecule has 0 N–H and O–H groups in total. The van der Waals surface area contributed by atoms with Gasteiger partial charge in [-0.25, -0.2) is 0 Å². The maximum absolute atomic E-state index is 12.0. The number of carbonyl (C=O) groups is 1. The van der Waals surface area contributed by atoms with Gasteiger partial charge < -0.3 is 0 Å². The molecule has 4 heteroatoms. The molecule has 0 atom stereocenters. The van der Waals surface area contributed by atoms with Gasteiger partial charge in [-0.15, -0.1) is 0 Å². The van der Waals surface area contributed by atoms with Gasteiger partial charge >= 0.3 is 0 Å². The van der Waals surface area contributed by atoms with Crippen molar-refractivity contribution in [3.8, 4) is 0 Å². The molecule has 0 unspecified atom stereocenters. The summed E-state index contributed by atoms with van der Waals surface area (Å²) < 4.78 is 0.911. The summed E-state index contributed by atoms with van der Waals surface area (Å²) in [7, 11) is 0. The molecule has 2 aromatic heterocycles. The van der Waals surface area contributed by atoms with E-state index in [1.165, 1.54) is 0 Å². The van der Waals surface area contributed by atoms with Gasteiger partial charge in [-0.3, -0.25) is 14.8 Å². The Morgan fingerprint density at radius 1 is 1.29 bits per heavy atom. The third-order valence-electron chi connectivity index (χ3n) is 2.35. The van der Waals surface area contributed by atoms with E-state index in [0.717, 1.165) is 15.9 Å². The van der Waals surface area contributed by atoms with Crippen molar-refractivity contribution >= 4 is 21.7 Å². The number of rotatable bonds is 3. The first kappa shape index (κ1) is 11.9. The van der Waals surface area contributed by atoms with Crippen LogP contribution < -0.4 is 0 Å². The average molecular weight is 291 g/mol. The summed E-state index contributed by atoms with van der Waals surface area (Å²) in [6.45, 7) is 1.87. The van der Waals surface area contributed by atoms with Crippen LogP contribution in [0.3, 0.4) is 0 Å². The Bertz CT molecular complexity index is 537. The molecule has 2 heterocycles. The lowest BCUT2D eigenvalue weighted by molar-refractivity contribution is 0.0991. The third-order valence-corrected chi connectivity index (χ3v) is 2.82. The second kappa shape index (κ2) is 5.19. The molecule has 0 amide bonds. The molecule has 0 aliphatic heterocycles. The molecule has 0 saturated carbocycles. The average Bonchev–Trinajstić information content (AvgIpc) is 2.32. The number of nitrogens with zero attached hydrogens (tertiary/aromatic N) is 2. The number of carbonyl (C=O) groups excluding carboxylic acids is 1. The molecule has 0 bridgehead atoms. The molecule has 86 valence electrons. The number of aryl methyl sites for hydroxylation is 1. The first-order valence-electron chi connectivity index (χ1n) is 5.21. The monoisotopic (exact) mass is 290 g/mol. The van der Waals surface area contributed by atoms with Crippen molar-refractivity contribution in [3.05, 3.63) is 58.1 Å². The van der Waals surface area contributed by atoms with Crippen molar-refractivity contribution in [2.45, 2.75) is 13.3 Å². The fourth-order valence-corrected chi connectivity index (χ4v) is 1.73. The van der Waals surface area contributed by atoms with Crippen LogP contribution in [0.1, 0.15) is 21.7 Å². The quantitative estimate of drug-likeness (QED) is 0.816. The predicted octanol–water partition coefficient (Wildman–Crippen LogP) is 2.97. The van der Waals surface area contributed by atoms with Gasteiger partial charge in [0.25, 0.3) is 0 Å². The van der Waals surface area contributed by atoms with Crippen LogP contribution in [0.15, 0.2) is 41.1 Å². The lowest BCUT2D eigenvalue weighted by atomic mass is 10.1. The van der Waals surface area contributed by atoms with E-state index in [1.54, 1.807) is 24.5 Å². The molecule has 0 spiro atoms. The van der Waals surface area contributed by atoms with Crippen LogP contribution in [0, 0.1) is 6.92 Å². The third kappa shape index (κ3) is 3.20. The fraction of sp³-hybridized carbons (Fsp3) is 0.154. The summed E-state index contributed by atoms with van der Waals surface area (Å²) in [6.07, 6.45) is 3.66. The second-order valence-corrected chi connectivity index (χ2v) is 4.67. The van der Waals surface area contributed by atoms with Crippen LogP contribution in [0.5, 0.6) is 0 Å². The molecule has 0 aromatic carbocycles. The normalized spacial score (nSPS) is 10.2. The van der Waals surface area contributed by atoms with E-state index in [0.29, 0.717) is 12.0 Å². The van der Waals surface area contributed by atoms with Crippen molar-refractivity contribution in [1.82, 2.24) is 9.97 Å². The molecule has 0 radical (unpaired) electrons. The van der Waals surface area contributed by atoms with E-state index in [1.807, 2.05) is 19.1 Å². The number of hydrogen-bond acceptors (Lipinski definition) is 3. The minimum atomic E-state index is 0.0605. The van der Waals surface area contributed by atoms with Gasteiger partial charge in [0.1, 0.15) is 0 Å². The number of Topliss-reactive ketones (excluding diaryl/α,β-unsaturated/α-hetero) is 1. The standard InChI is InChI=1S/C13H11BrN2O/c1-9-6-10(4-5-15-9)13(17)7-12-3-2-11(14)8-16-12/h2-6,8H,7H2,1H3. The Hall–Kier alpha value is -1.55. The summed E-state index contributed by atoms with van der Waals surface area (Å²) in [4.78, 5) is 20.2. The van der Waals surface area contributed by atoms with E-state index in [2.05, 4.69) is 25.9 Å². The maximum Gasteiger partial charge on any atom is 0.168 e. The summed E-state index contributed by atoms with van der Waals surface area (Å²) >= 11 is 3.31. The number of halogens is 1. The number of hydrogen-bond donors (Lipinski definition) is 0. The van der Waals surface area contributed by atoms with Crippen LogP contribution in [0.4, 0.5) is 0 Å². The molecule has 0 fully saturated rings. The highest BCUT2D eigenvalue weighted by molar-refractivity contribution is 9.10. The molecule has 2 aromatic rings. The highest BCUT2D eigenvalue weighted by Gasteiger charge is 2.08. The lowest BCUT2D eigenvalue weighted by Crippen LogP contribution is -2.05. The zero-order chi connectivity index (χ0) is 12.3. The SMILES string of the molecule is Cc1cc(C(=O)Cc2ccc(Br)cn2)ccn1. The lowest BCUT2D eigenvalue weighted by Gasteiger charge is -2.01. The minimum Gasteiger partial charge on any atom is -0.294 e. The van der Waals surface area contributed by atoms with Gasteiger partial charge in [0, 0.05) is 33.8 Å². The molecular formula is C13H11BrN2O. The Morgan fingerprint density at radius 3 is 2.76 bits per heavy atom. The number of ketones is 1. The summed E-state index contributed by atoms with van der Waals surface area (Å²) in [5, 5.41) is 0. The van der Waals surface area contributed by atoms with E-state index in [-0.39, 0.29) is 5.78 Å². The topological polar surface area (TPSA) is 42.9 Å². The van der Waals surface area contributed by atoms with Crippen molar-refractivity contribution in [1.29, 1.82) is 0 Å². The molecule has 2 rings (SSSR count). The first-order valence-corrected chi connectivity index (χ1v) is 6.01. The summed E-state index contributed by atoms with van der Waals surface area (Å²) in [5.41, 5.74) is 2.30. The van der Waals surface area contributed by atoms with Crippen LogP contribution in [0.2, 0.25) is 0 Å². The van der Waals surface area contributed by atoms with Crippen LogP contribution in [-0.2, 0) is 6.42 Å². The Morgan fingerprint density at radius 2 is 2.12 bits per heavy atom. The smallest absolute Gasteiger partial charge is 0.168 e.